The molecule has 0 radical (unpaired) electrons. The van der Waals surface area contributed by atoms with Crippen molar-refractivity contribution >= 4 is 23.4 Å². The Bertz CT molecular complexity index is 1020. The lowest BCUT2D eigenvalue weighted by molar-refractivity contribution is -0.125. The summed E-state index contributed by atoms with van der Waals surface area (Å²) in [7, 11) is 0. The highest BCUT2D eigenvalue weighted by Gasteiger charge is 2.42. The number of aryl methyl sites for hydroxylation is 1. The van der Waals surface area contributed by atoms with Crippen LogP contribution in [0.15, 0.2) is 48.5 Å². The Balaban J connectivity index is 1.17. The van der Waals surface area contributed by atoms with Crippen molar-refractivity contribution in [3.63, 3.8) is 0 Å². The van der Waals surface area contributed by atoms with Gasteiger partial charge in [0.25, 0.3) is 5.91 Å². The summed E-state index contributed by atoms with van der Waals surface area (Å²) in [5.74, 6) is 1.47. The molecule has 2 aromatic rings. The van der Waals surface area contributed by atoms with Crippen LogP contribution in [0.5, 0.6) is 0 Å². The molecule has 5 nitrogen and oxygen atoms in total. The third-order valence-electron chi connectivity index (χ3n) is 8.26. The molecule has 3 atom stereocenters. The summed E-state index contributed by atoms with van der Waals surface area (Å²) in [6, 6.07) is 16.1. The molecule has 6 heteroatoms. The third kappa shape index (κ3) is 5.41. The maximum atomic E-state index is 13.2. The summed E-state index contributed by atoms with van der Waals surface area (Å²) < 4.78 is 0. The molecule has 3 aliphatic rings. The van der Waals surface area contributed by atoms with Crippen molar-refractivity contribution in [3.05, 3.63) is 70.2 Å². The molecule has 1 aliphatic carbocycles. The Morgan fingerprint density at radius 3 is 2.31 bits per heavy atom. The number of nitrogens with one attached hydrogen (secondary N) is 1. The zero-order valence-electron chi connectivity index (χ0n) is 20.6. The van der Waals surface area contributed by atoms with Crippen LogP contribution in [0.3, 0.4) is 0 Å². The van der Waals surface area contributed by atoms with Crippen molar-refractivity contribution in [3.8, 4) is 0 Å². The Hall–Kier alpha value is -2.37. The Morgan fingerprint density at radius 2 is 1.66 bits per heavy atom. The highest BCUT2D eigenvalue weighted by molar-refractivity contribution is 6.34. The normalized spacial score (nSPS) is 23.4. The first kappa shape index (κ1) is 24.3. The van der Waals surface area contributed by atoms with Crippen LogP contribution in [-0.4, -0.2) is 54.3 Å². The van der Waals surface area contributed by atoms with Crippen molar-refractivity contribution in [1.29, 1.82) is 0 Å². The molecule has 0 aromatic heterocycles. The molecular formula is C29H36ClN3O2. The standard InChI is InChI=1S/C29H36ClN3O2/c1-20-8-7-13-25(30)27(20)29(35)33-18-23-16-32(17-24(23)19-33)15-14-26(21-9-3-2-4-10-21)31-28(34)22-11-5-6-12-22/h2-4,7-10,13,22-24,26H,5-6,11-12,14-19H2,1H3,(H,31,34)/t23-,24?,26?/m0/s1. The number of amides is 2. The fourth-order valence-electron chi connectivity index (χ4n) is 6.30. The zero-order valence-corrected chi connectivity index (χ0v) is 21.3. The van der Waals surface area contributed by atoms with Gasteiger partial charge in [-0.1, -0.05) is 66.9 Å². The summed E-state index contributed by atoms with van der Waals surface area (Å²) in [6.45, 7) is 6.51. The van der Waals surface area contributed by atoms with Gasteiger partial charge in [0.15, 0.2) is 0 Å². The van der Waals surface area contributed by atoms with Crippen molar-refractivity contribution in [2.75, 3.05) is 32.7 Å². The quantitative estimate of drug-likeness (QED) is 0.584. The van der Waals surface area contributed by atoms with E-state index in [1.54, 1.807) is 6.07 Å². The molecular weight excluding hydrogens is 458 g/mol. The first-order valence-electron chi connectivity index (χ1n) is 13.1. The minimum absolute atomic E-state index is 0.0472. The van der Waals surface area contributed by atoms with Gasteiger partial charge in [0.1, 0.15) is 0 Å². The number of carbonyl (C=O) groups is 2. The van der Waals surface area contributed by atoms with E-state index < -0.39 is 0 Å². The van der Waals surface area contributed by atoms with Gasteiger partial charge in [0.05, 0.1) is 16.6 Å². The lowest BCUT2D eigenvalue weighted by Gasteiger charge is -2.26. The minimum atomic E-state index is 0.0472. The van der Waals surface area contributed by atoms with Crippen LogP contribution in [0.4, 0.5) is 0 Å². The minimum Gasteiger partial charge on any atom is -0.349 e. The molecule has 3 fully saturated rings. The van der Waals surface area contributed by atoms with Gasteiger partial charge >= 0.3 is 0 Å². The molecule has 1 N–H and O–H groups in total. The van der Waals surface area contributed by atoms with E-state index in [4.69, 9.17) is 11.6 Å². The molecule has 35 heavy (non-hydrogen) atoms. The fourth-order valence-corrected chi connectivity index (χ4v) is 6.60. The summed E-state index contributed by atoms with van der Waals surface area (Å²) >= 11 is 6.36. The largest absolute Gasteiger partial charge is 0.349 e. The average molecular weight is 494 g/mol. The maximum Gasteiger partial charge on any atom is 0.255 e. The second-order valence-electron chi connectivity index (χ2n) is 10.7. The van der Waals surface area contributed by atoms with Gasteiger partial charge in [0.2, 0.25) is 5.91 Å². The number of rotatable bonds is 7. The first-order chi connectivity index (χ1) is 17.0. The Morgan fingerprint density at radius 1 is 0.971 bits per heavy atom. The van der Waals surface area contributed by atoms with Crippen LogP contribution in [0.1, 0.15) is 59.6 Å². The molecule has 186 valence electrons. The molecule has 2 aliphatic heterocycles. The van der Waals surface area contributed by atoms with Gasteiger partial charge in [-0.3, -0.25) is 9.59 Å². The molecule has 2 heterocycles. The van der Waals surface area contributed by atoms with E-state index in [1.807, 2.05) is 30.0 Å². The van der Waals surface area contributed by atoms with Crippen molar-refractivity contribution in [1.82, 2.24) is 15.1 Å². The Labute approximate surface area is 213 Å². The summed E-state index contributed by atoms with van der Waals surface area (Å²) in [6.07, 6.45) is 5.28. The molecule has 5 rings (SSSR count). The number of halogens is 1. The predicted molar refractivity (Wildman–Crippen MR) is 139 cm³/mol. The van der Waals surface area contributed by atoms with E-state index in [0.29, 0.717) is 22.4 Å². The number of hydrogen-bond acceptors (Lipinski definition) is 3. The summed E-state index contributed by atoms with van der Waals surface area (Å²) in [5.41, 5.74) is 2.77. The lowest BCUT2D eigenvalue weighted by atomic mass is 10.0. The van der Waals surface area contributed by atoms with E-state index >= 15 is 0 Å². The second-order valence-corrected chi connectivity index (χ2v) is 11.1. The topological polar surface area (TPSA) is 52.7 Å². The van der Waals surface area contributed by atoms with Gasteiger partial charge in [-0.25, -0.2) is 0 Å². The van der Waals surface area contributed by atoms with Crippen LogP contribution < -0.4 is 5.32 Å². The highest BCUT2D eigenvalue weighted by atomic mass is 35.5. The monoisotopic (exact) mass is 493 g/mol. The van der Waals surface area contributed by atoms with Crippen LogP contribution >= 0.6 is 11.6 Å². The molecule has 2 saturated heterocycles. The van der Waals surface area contributed by atoms with E-state index in [9.17, 15) is 9.59 Å². The Kier molecular flexibility index (Phi) is 7.45. The van der Waals surface area contributed by atoms with Crippen LogP contribution in [-0.2, 0) is 4.79 Å². The molecule has 1 saturated carbocycles. The van der Waals surface area contributed by atoms with Crippen molar-refractivity contribution in [2.24, 2.45) is 17.8 Å². The number of nitrogens with zero attached hydrogens (tertiary/aromatic N) is 2. The van der Waals surface area contributed by atoms with Crippen LogP contribution in [0.25, 0.3) is 0 Å². The average Bonchev–Trinajstić information content (AvgIpc) is 3.59. The molecule has 2 unspecified atom stereocenters. The summed E-state index contributed by atoms with van der Waals surface area (Å²) in [4.78, 5) is 30.6. The van der Waals surface area contributed by atoms with Gasteiger partial charge in [0, 0.05) is 38.6 Å². The van der Waals surface area contributed by atoms with Crippen LogP contribution in [0.2, 0.25) is 5.02 Å². The molecule has 0 bridgehead atoms. The van der Waals surface area contributed by atoms with E-state index in [1.165, 1.54) is 18.4 Å². The van der Waals surface area contributed by atoms with Gasteiger partial charge in [-0.05, 0) is 55.2 Å². The first-order valence-corrected chi connectivity index (χ1v) is 13.5. The van der Waals surface area contributed by atoms with E-state index in [0.717, 1.165) is 57.5 Å². The third-order valence-corrected chi connectivity index (χ3v) is 8.58. The van der Waals surface area contributed by atoms with Crippen molar-refractivity contribution in [2.45, 2.75) is 45.1 Å². The maximum absolute atomic E-state index is 13.2. The lowest BCUT2D eigenvalue weighted by Crippen LogP contribution is -2.36. The van der Waals surface area contributed by atoms with Gasteiger partial charge < -0.3 is 15.1 Å². The molecule has 2 amide bonds. The van der Waals surface area contributed by atoms with Crippen LogP contribution in [0, 0.1) is 24.7 Å². The zero-order chi connectivity index (χ0) is 24.4. The number of likely N-dealkylation sites (tertiary alicyclic amines) is 2. The molecule has 2 aromatic carbocycles. The van der Waals surface area contributed by atoms with E-state index in [-0.39, 0.29) is 23.8 Å². The number of fused-ring (bicyclic) bond motifs is 1. The fraction of sp³-hybridized carbons (Fsp3) is 0.517. The smallest absolute Gasteiger partial charge is 0.255 e. The summed E-state index contributed by atoms with van der Waals surface area (Å²) in [5, 5.41) is 3.91. The molecule has 0 spiro atoms. The number of benzene rings is 2. The second kappa shape index (κ2) is 10.7. The number of carbonyl (C=O) groups excluding carboxylic acids is 2. The van der Waals surface area contributed by atoms with Crippen molar-refractivity contribution < 1.29 is 9.59 Å². The highest BCUT2D eigenvalue weighted by Crippen LogP contribution is 2.34. The SMILES string of the molecule is Cc1cccc(Cl)c1C(=O)N1CC2CN(CCC(NC(=O)C3CCCC3)c3ccccc3)C[C@H]2C1. The predicted octanol–water partition coefficient (Wildman–Crippen LogP) is 5.09. The van der Waals surface area contributed by atoms with Gasteiger partial charge in [-0.2, -0.15) is 0 Å². The number of hydrogen-bond donors (Lipinski definition) is 1. The van der Waals surface area contributed by atoms with E-state index in [2.05, 4.69) is 34.5 Å². The van der Waals surface area contributed by atoms with Gasteiger partial charge in [-0.15, -0.1) is 0 Å².